The number of hydrogen-bond donors (Lipinski definition) is 1. The molecule has 1 saturated heterocycles. The van der Waals surface area contributed by atoms with Crippen LogP contribution in [0.2, 0.25) is 0 Å². The molecule has 0 aromatic heterocycles. The topological polar surface area (TPSA) is 26.7 Å². The number of aromatic hydroxyl groups is 1. The maximum Gasteiger partial charge on any atom is 0.139 e. The Morgan fingerprint density at radius 3 is 2.56 bits per heavy atom. The summed E-state index contributed by atoms with van der Waals surface area (Å²) in [5.74, 6) is 0.868. The molecule has 1 aromatic carbocycles. The van der Waals surface area contributed by atoms with Gasteiger partial charge < -0.3 is 14.9 Å². The predicted octanol–water partition coefficient (Wildman–Crippen LogP) is 2.66. The molecule has 1 unspecified atom stereocenters. The van der Waals surface area contributed by atoms with E-state index in [4.69, 9.17) is 0 Å². The first-order valence-electron chi connectivity index (χ1n) is 6.77. The molecule has 3 heteroatoms. The van der Waals surface area contributed by atoms with Crippen molar-refractivity contribution in [2.75, 3.05) is 31.6 Å². The van der Waals surface area contributed by atoms with Crippen LogP contribution in [0.5, 0.6) is 5.75 Å². The molecule has 0 spiro atoms. The smallest absolute Gasteiger partial charge is 0.139 e. The molecule has 0 radical (unpaired) electrons. The fraction of sp³-hybridized carbons (Fsp3) is 0.600. The normalized spacial score (nSPS) is 21.6. The highest BCUT2D eigenvalue weighted by Gasteiger charge is 2.23. The van der Waals surface area contributed by atoms with Gasteiger partial charge in [-0.2, -0.15) is 0 Å². The van der Waals surface area contributed by atoms with Gasteiger partial charge in [0.25, 0.3) is 0 Å². The Morgan fingerprint density at radius 1 is 1.28 bits per heavy atom. The predicted molar refractivity (Wildman–Crippen MR) is 76.5 cm³/mol. The number of phenols is 1. The number of hydrogen-bond acceptors (Lipinski definition) is 3. The lowest BCUT2D eigenvalue weighted by atomic mass is 10.0. The summed E-state index contributed by atoms with van der Waals surface area (Å²) in [6, 6.07) is 6.54. The minimum Gasteiger partial charge on any atom is -0.506 e. The van der Waals surface area contributed by atoms with Crippen LogP contribution in [0.15, 0.2) is 18.2 Å². The summed E-state index contributed by atoms with van der Waals surface area (Å²) in [6.45, 7) is 9.58. The van der Waals surface area contributed by atoms with E-state index in [1.807, 2.05) is 6.07 Å². The van der Waals surface area contributed by atoms with E-state index in [1.54, 1.807) is 0 Å². The lowest BCUT2D eigenvalue weighted by Crippen LogP contribution is -2.50. The maximum absolute atomic E-state index is 10.2. The van der Waals surface area contributed by atoms with Crippen molar-refractivity contribution < 1.29 is 5.11 Å². The molecular weight excluding hydrogens is 224 g/mol. The summed E-state index contributed by atoms with van der Waals surface area (Å²) >= 11 is 0. The van der Waals surface area contributed by atoms with E-state index in [9.17, 15) is 5.11 Å². The first-order valence-corrected chi connectivity index (χ1v) is 6.77. The van der Waals surface area contributed by atoms with Gasteiger partial charge in [0.15, 0.2) is 0 Å². The van der Waals surface area contributed by atoms with Crippen LogP contribution in [-0.4, -0.2) is 42.7 Å². The van der Waals surface area contributed by atoms with Crippen molar-refractivity contribution in [2.24, 2.45) is 0 Å². The monoisotopic (exact) mass is 248 g/mol. The quantitative estimate of drug-likeness (QED) is 0.871. The Labute approximate surface area is 110 Å². The number of rotatable bonds is 2. The SMILES string of the molecule is CC(C)c1ccc(N2CCN(C)CC2C)c(O)c1. The molecule has 1 N–H and O–H groups in total. The number of nitrogens with zero attached hydrogens (tertiary/aromatic N) is 2. The van der Waals surface area contributed by atoms with Crippen LogP contribution in [0.3, 0.4) is 0 Å². The average Bonchev–Trinajstić information content (AvgIpc) is 2.30. The number of anilines is 1. The van der Waals surface area contributed by atoms with Gasteiger partial charge in [-0.1, -0.05) is 19.9 Å². The second-order valence-electron chi connectivity index (χ2n) is 5.71. The summed E-state index contributed by atoms with van der Waals surface area (Å²) < 4.78 is 0. The average molecular weight is 248 g/mol. The Bertz CT molecular complexity index is 417. The first-order chi connectivity index (χ1) is 8.49. The Morgan fingerprint density at radius 2 is 2.00 bits per heavy atom. The van der Waals surface area contributed by atoms with Crippen LogP contribution < -0.4 is 4.90 Å². The van der Waals surface area contributed by atoms with Crippen LogP contribution in [0.25, 0.3) is 0 Å². The molecule has 1 aliphatic heterocycles. The fourth-order valence-electron chi connectivity index (χ4n) is 2.64. The number of likely N-dealkylation sites (N-methyl/N-ethyl adjacent to an activating group) is 1. The van der Waals surface area contributed by atoms with Crippen molar-refractivity contribution in [1.29, 1.82) is 0 Å². The third-order valence-corrected chi connectivity index (χ3v) is 3.81. The molecule has 100 valence electrons. The molecule has 1 aromatic rings. The standard InChI is InChI=1S/C15H24N2O/c1-11(2)13-5-6-14(15(18)9-13)17-8-7-16(4)10-12(17)3/h5-6,9,11-12,18H,7-8,10H2,1-4H3. The summed E-state index contributed by atoms with van der Waals surface area (Å²) in [7, 11) is 2.15. The van der Waals surface area contributed by atoms with Gasteiger partial charge in [0.1, 0.15) is 5.75 Å². The minimum atomic E-state index is 0.414. The van der Waals surface area contributed by atoms with Crippen molar-refractivity contribution in [1.82, 2.24) is 4.90 Å². The maximum atomic E-state index is 10.2. The molecule has 0 amide bonds. The number of piperazine rings is 1. The Hall–Kier alpha value is -1.22. The van der Waals surface area contributed by atoms with Crippen LogP contribution in [0.4, 0.5) is 5.69 Å². The van der Waals surface area contributed by atoms with Crippen molar-refractivity contribution >= 4 is 5.69 Å². The molecule has 0 aliphatic carbocycles. The Kier molecular flexibility index (Phi) is 3.81. The highest BCUT2D eigenvalue weighted by atomic mass is 16.3. The van der Waals surface area contributed by atoms with E-state index in [1.165, 1.54) is 5.56 Å². The zero-order valence-electron chi connectivity index (χ0n) is 11.8. The van der Waals surface area contributed by atoms with Gasteiger partial charge in [0.05, 0.1) is 5.69 Å². The zero-order chi connectivity index (χ0) is 13.3. The van der Waals surface area contributed by atoms with E-state index in [-0.39, 0.29) is 0 Å². The van der Waals surface area contributed by atoms with Crippen LogP contribution in [0.1, 0.15) is 32.3 Å². The van der Waals surface area contributed by atoms with Gasteiger partial charge in [-0.05, 0) is 37.6 Å². The molecule has 18 heavy (non-hydrogen) atoms. The Balaban J connectivity index is 2.23. The highest BCUT2D eigenvalue weighted by molar-refractivity contribution is 5.60. The van der Waals surface area contributed by atoms with Gasteiger partial charge in [0, 0.05) is 25.7 Å². The number of phenolic OH excluding ortho intramolecular Hbond substituents is 1. The lowest BCUT2D eigenvalue weighted by molar-refractivity contribution is 0.274. The van der Waals surface area contributed by atoms with Gasteiger partial charge in [-0.3, -0.25) is 0 Å². The largest absolute Gasteiger partial charge is 0.506 e. The highest BCUT2D eigenvalue weighted by Crippen LogP contribution is 2.32. The van der Waals surface area contributed by atoms with Gasteiger partial charge >= 0.3 is 0 Å². The molecule has 1 aliphatic rings. The zero-order valence-corrected chi connectivity index (χ0v) is 11.8. The van der Waals surface area contributed by atoms with Gasteiger partial charge in [-0.15, -0.1) is 0 Å². The van der Waals surface area contributed by atoms with Crippen LogP contribution in [-0.2, 0) is 0 Å². The van der Waals surface area contributed by atoms with Crippen LogP contribution >= 0.6 is 0 Å². The molecular formula is C15H24N2O. The molecule has 1 atom stereocenters. The summed E-state index contributed by atoms with van der Waals surface area (Å²) in [5.41, 5.74) is 2.16. The third kappa shape index (κ3) is 2.61. The fourth-order valence-corrected chi connectivity index (χ4v) is 2.64. The lowest BCUT2D eigenvalue weighted by Gasteiger charge is -2.40. The molecule has 2 rings (SSSR count). The van der Waals surface area contributed by atoms with E-state index >= 15 is 0 Å². The van der Waals surface area contributed by atoms with E-state index in [0.29, 0.717) is 17.7 Å². The minimum absolute atomic E-state index is 0.414. The molecule has 1 heterocycles. The number of benzene rings is 1. The van der Waals surface area contributed by atoms with Crippen molar-refractivity contribution in [3.63, 3.8) is 0 Å². The molecule has 3 nitrogen and oxygen atoms in total. The second-order valence-corrected chi connectivity index (χ2v) is 5.71. The summed E-state index contributed by atoms with van der Waals surface area (Å²) in [5, 5.41) is 10.2. The van der Waals surface area contributed by atoms with Crippen molar-refractivity contribution in [3.8, 4) is 5.75 Å². The molecule has 0 bridgehead atoms. The van der Waals surface area contributed by atoms with Gasteiger partial charge in [-0.25, -0.2) is 0 Å². The van der Waals surface area contributed by atoms with E-state index in [2.05, 4.69) is 49.8 Å². The van der Waals surface area contributed by atoms with Crippen molar-refractivity contribution in [2.45, 2.75) is 32.7 Å². The molecule has 1 fully saturated rings. The summed E-state index contributed by atoms with van der Waals surface area (Å²) in [4.78, 5) is 4.64. The second kappa shape index (κ2) is 5.19. The van der Waals surface area contributed by atoms with E-state index < -0.39 is 0 Å². The van der Waals surface area contributed by atoms with Crippen molar-refractivity contribution in [3.05, 3.63) is 23.8 Å². The van der Waals surface area contributed by atoms with Gasteiger partial charge in [0.2, 0.25) is 0 Å². The third-order valence-electron chi connectivity index (χ3n) is 3.81. The molecule has 0 saturated carbocycles. The summed E-state index contributed by atoms with van der Waals surface area (Å²) in [6.07, 6.45) is 0. The first kappa shape index (κ1) is 13.2. The van der Waals surface area contributed by atoms with E-state index in [0.717, 1.165) is 25.3 Å². The van der Waals surface area contributed by atoms with Crippen LogP contribution in [0, 0.1) is 0 Å².